The van der Waals surface area contributed by atoms with E-state index in [2.05, 4.69) is 9.97 Å². The van der Waals surface area contributed by atoms with Gasteiger partial charge in [0.1, 0.15) is 0 Å². The molecule has 0 aromatic carbocycles. The highest BCUT2D eigenvalue weighted by molar-refractivity contribution is 5.83. The van der Waals surface area contributed by atoms with Crippen LogP contribution in [0.25, 0.3) is 0 Å². The topological polar surface area (TPSA) is 66.0 Å². The molecule has 1 aromatic heterocycles. The summed E-state index contributed by atoms with van der Waals surface area (Å²) in [6.07, 6.45) is 0.760. The van der Waals surface area contributed by atoms with Crippen LogP contribution in [-0.4, -0.2) is 21.0 Å². The van der Waals surface area contributed by atoms with Crippen LogP contribution in [0.2, 0.25) is 0 Å². The van der Waals surface area contributed by atoms with Gasteiger partial charge in [-0.05, 0) is 13.3 Å². The second kappa shape index (κ2) is 2.74. The van der Waals surface area contributed by atoms with Crippen LogP contribution in [0.4, 0.5) is 0 Å². The summed E-state index contributed by atoms with van der Waals surface area (Å²) in [7, 11) is 0. The lowest BCUT2D eigenvalue weighted by Gasteiger charge is -1.86. The van der Waals surface area contributed by atoms with Gasteiger partial charge in [-0.25, -0.2) is 9.78 Å². The molecular weight excluding hydrogens is 144 g/mol. The number of aromatic nitrogens is 2. The van der Waals surface area contributed by atoms with E-state index in [4.69, 9.17) is 5.11 Å². The molecule has 4 heteroatoms. The fraction of sp³-hybridized carbons (Fsp3) is 0.429. The molecule has 0 fully saturated rings. The number of hydrogen-bond acceptors (Lipinski definition) is 2. The third kappa shape index (κ3) is 1.39. The molecule has 0 aliphatic carbocycles. The molecule has 1 heterocycles. The van der Waals surface area contributed by atoms with Gasteiger partial charge in [-0.2, -0.15) is 0 Å². The zero-order chi connectivity index (χ0) is 8.43. The molecule has 11 heavy (non-hydrogen) atoms. The molecule has 0 amide bonds. The van der Waals surface area contributed by atoms with E-state index in [1.807, 2.05) is 13.8 Å². The quantitative estimate of drug-likeness (QED) is 0.667. The van der Waals surface area contributed by atoms with E-state index in [-0.39, 0.29) is 5.82 Å². The standard InChI is InChI=1S/C7H10N2O2/c1-3-5-4(2)8-6(9-5)7(10)11/h3H2,1-2H3,(H,8,9)(H,10,11). The number of carboxylic acids is 1. The monoisotopic (exact) mass is 154 g/mol. The first-order valence-electron chi connectivity index (χ1n) is 3.44. The predicted octanol–water partition coefficient (Wildman–Crippen LogP) is 0.979. The van der Waals surface area contributed by atoms with Crippen molar-refractivity contribution in [2.45, 2.75) is 20.3 Å². The molecule has 1 rings (SSSR count). The van der Waals surface area contributed by atoms with Gasteiger partial charge in [0.25, 0.3) is 0 Å². The highest BCUT2D eigenvalue weighted by Gasteiger charge is 2.09. The summed E-state index contributed by atoms with van der Waals surface area (Å²) in [5.74, 6) is -0.979. The number of carbonyl (C=O) groups is 1. The van der Waals surface area contributed by atoms with Gasteiger partial charge in [-0.15, -0.1) is 0 Å². The molecule has 0 spiro atoms. The molecular formula is C7H10N2O2. The third-order valence-electron chi connectivity index (χ3n) is 1.52. The number of aromatic carboxylic acids is 1. The molecule has 0 saturated heterocycles. The minimum atomic E-state index is -1.01. The van der Waals surface area contributed by atoms with Crippen LogP contribution in [-0.2, 0) is 6.42 Å². The van der Waals surface area contributed by atoms with E-state index in [0.717, 1.165) is 17.8 Å². The smallest absolute Gasteiger partial charge is 0.371 e. The molecule has 0 unspecified atom stereocenters. The Bertz CT molecular complexity index is 278. The first-order valence-corrected chi connectivity index (χ1v) is 3.44. The first-order chi connectivity index (χ1) is 5.15. The molecule has 0 radical (unpaired) electrons. The van der Waals surface area contributed by atoms with Crippen LogP contribution in [0.5, 0.6) is 0 Å². The molecule has 2 N–H and O–H groups in total. The van der Waals surface area contributed by atoms with Crippen LogP contribution in [0.15, 0.2) is 0 Å². The Morgan fingerprint density at radius 3 is 2.64 bits per heavy atom. The fourth-order valence-electron chi connectivity index (χ4n) is 0.942. The highest BCUT2D eigenvalue weighted by Crippen LogP contribution is 2.04. The van der Waals surface area contributed by atoms with Crippen molar-refractivity contribution in [3.05, 3.63) is 17.2 Å². The number of imidazole rings is 1. The fourth-order valence-corrected chi connectivity index (χ4v) is 0.942. The zero-order valence-electron chi connectivity index (χ0n) is 6.51. The molecule has 0 bridgehead atoms. The minimum Gasteiger partial charge on any atom is -0.475 e. The van der Waals surface area contributed by atoms with E-state index in [0.29, 0.717) is 0 Å². The molecule has 60 valence electrons. The maximum atomic E-state index is 10.4. The highest BCUT2D eigenvalue weighted by atomic mass is 16.4. The summed E-state index contributed by atoms with van der Waals surface area (Å²) in [5, 5.41) is 8.52. The largest absolute Gasteiger partial charge is 0.475 e. The average molecular weight is 154 g/mol. The number of carboxylic acid groups (broad SMARTS) is 1. The first kappa shape index (κ1) is 7.78. The maximum Gasteiger partial charge on any atom is 0.371 e. The molecule has 0 atom stereocenters. The second-order valence-electron chi connectivity index (χ2n) is 2.32. The van der Waals surface area contributed by atoms with Crippen LogP contribution >= 0.6 is 0 Å². The van der Waals surface area contributed by atoms with E-state index in [9.17, 15) is 4.79 Å². The molecule has 1 aromatic rings. The van der Waals surface area contributed by atoms with Gasteiger partial charge in [0.05, 0.1) is 5.69 Å². The number of nitrogens with one attached hydrogen (secondary N) is 1. The van der Waals surface area contributed by atoms with Crippen LogP contribution in [0.1, 0.15) is 28.9 Å². The second-order valence-corrected chi connectivity index (χ2v) is 2.32. The predicted molar refractivity (Wildman–Crippen MR) is 39.7 cm³/mol. The van der Waals surface area contributed by atoms with E-state index >= 15 is 0 Å². The summed E-state index contributed by atoms with van der Waals surface area (Å²) in [6.45, 7) is 3.76. The van der Waals surface area contributed by atoms with Gasteiger partial charge < -0.3 is 10.1 Å². The lowest BCUT2D eigenvalue weighted by Crippen LogP contribution is -1.98. The number of aryl methyl sites for hydroxylation is 2. The van der Waals surface area contributed by atoms with E-state index in [1.54, 1.807) is 0 Å². The number of H-pyrrole nitrogens is 1. The van der Waals surface area contributed by atoms with Crippen molar-refractivity contribution in [2.24, 2.45) is 0 Å². The Balaban J connectivity index is 3.05. The van der Waals surface area contributed by atoms with Crippen molar-refractivity contribution in [1.82, 2.24) is 9.97 Å². The lowest BCUT2D eigenvalue weighted by molar-refractivity contribution is 0.0684. The SMILES string of the molecule is CCc1nc(C(=O)O)[nH]c1C. The Morgan fingerprint density at radius 1 is 1.73 bits per heavy atom. The van der Waals surface area contributed by atoms with E-state index < -0.39 is 5.97 Å². The van der Waals surface area contributed by atoms with Gasteiger partial charge in [0.2, 0.25) is 5.82 Å². The number of rotatable bonds is 2. The van der Waals surface area contributed by atoms with Crippen molar-refractivity contribution in [2.75, 3.05) is 0 Å². The summed E-state index contributed by atoms with van der Waals surface area (Å²) in [5.41, 5.74) is 1.66. The van der Waals surface area contributed by atoms with E-state index in [1.165, 1.54) is 0 Å². The van der Waals surface area contributed by atoms with Crippen LogP contribution in [0, 0.1) is 6.92 Å². The van der Waals surface area contributed by atoms with Crippen LogP contribution < -0.4 is 0 Å². The normalized spacial score (nSPS) is 10.0. The minimum absolute atomic E-state index is 0.0272. The Hall–Kier alpha value is -1.32. The van der Waals surface area contributed by atoms with Crippen molar-refractivity contribution in [3.63, 3.8) is 0 Å². The Kier molecular flexibility index (Phi) is 1.94. The zero-order valence-corrected chi connectivity index (χ0v) is 6.51. The number of nitrogens with zero attached hydrogens (tertiary/aromatic N) is 1. The lowest BCUT2D eigenvalue weighted by atomic mass is 10.3. The van der Waals surface area contributed by atoms with Crippen LogP contribution in [0.3, 0.4) is 0 Å². The van der Waals surface area contributed by atoms with Gasteiger partial charge in [-0.3, -0.25) is 0 Å². The summed E-state index contributed by atoms with van der Waals surface area (Å²) < 4.78 is 0. The number of aromatic amines is 1. The summed E-state index contributed by atoms with van der Waals surface area (Å²) in [6, 6.07) is 0. The van der Waals surface area contributed by atoms with Gasteiger partial charge in [0.15, 0.2) is 0 Å². The summed E-state index contributed by atoms with van der Waals surface area (Å²) >= 11 is 0. The van der Waals surface area contributed by atoms with Crippen molar-refractivity contribution in [3.8, 4) is 0 Å². The molecule has 0 saturated carbocycles. The number of hydrogen-bond donors (Lipinski definition) is 2. The van der Waals surface area contributed by atoms with Gasteiger partial charge >= 0.3 is 5.97 Å². The average Bonchev–Trinajstić information content (AvgIpc) is 2.31. The third-order valence-corrected chi connectivity index (χ3v) is 1.52. The molecule has 0 aliphatic rings. The Labute approximate surface area is 64.3 Å². The van der Waals surface area contributed by atoms with Crippen molar-refractivity contribution >= 4 is 5.97 Å². The summed E-state index contributed by atoms with van der Waals surface area (Å²) in [4.78, 5) is 16.9. The van der Waals surface area contributed by atoms with Crippen molar-refractivity contribution < 1.29 is 9.90 Å². The molecule has 4 nitrogen and oxygen atoms in total. The Morgan fingerprint density at radius 2 is 2.36 bits per heavy atom. The van der Waals surface area contributed by atoms with Gasteiger partial charge in [0, 0.05) is 5.69 Å². The van der Waals surface area contributed by atoms with Crippen molar-refractivity contribution in [1.29, 1.82) is 0 Å². The van der Waals surface area contributed by atoms with Gasteiger partial charge in [-0.1, -0.05) is 6.92 Å². The maximum absolute atomic E-state index is 10.4. The molecule has 0 aliphatic heterocycles.